The maximum atomic E-state index is 0. The van der Waals surface area contributed by atoms with Crippen LogP contribution in [-0.4, -0.2) is 48.7 Å². The van der Waals surface area contributed by atoms with Crippen molar-refractivity contribution >= 4 is 48.7 Å². The van der Waals surface area contributed by atoms with E-state index in [4.69, 9.17) is 0 Å². The summed E-state index contributed by atoms with van der Waals surface area (Å²) in [6, 6.07) is 0. The van der Waals surface area contributed by atoms with Gasteiger partial charge in [0.25, 0.3) is 0 Å². The molecule has 0 bridgehead atoms. The van der Waals surface area contributed by atoms with Crippen LogP contribution < -0.4 is 51.4 Å². The zero-order chi connectivity index (χ0) is 0. The van der Waals surface area contributed by atoms with Crippen LogP contribution in [-0.2, 0) is 17.1 Å². The first-order valence-electron chi connectivity index (χ1n) is 0. The van der Waals surface area contributed by atoms with E-state index in [2.05, 4.69) is 0 Å². The Labute approximate surface area is 118 Å². The van der Waals surface area contributed by atoms with Crippen molar-refractivity contribution in [1.82, 2.24) is 0 Å². The fourth-order valence-corrected chi connectivity index (χ4v) is 0. The van der Waals surface area contributed by atoms with Gasteiger partial charge in [0.15, 0.2) is 0 Å². The van der Waals surface area contributed by atoms with Crippen LogP contribution in [0.15, 0.2) is 0 Å². The van der Waals surface area contributed by atoms with Gasteiger partial charge in [0.2, 0.25) is 0 Å². The largest absolute Gasteiger partial charge is 2.00 e. The Balaban J connectivity index is 0. The van der Waals surface area contributed by atoms with Gasteiger partial charge in [0.1, 0.15) is 0 Å². The summed E-state index contributed by atoms with van der Waals surface area (Å²) < 4.78 is 0. The van der Waals surface area contributed by atoms with E-state index in [1.807, 2.05) is 0 Å². The summed E-state index contributed by atoms with van der Waals surface area (Å²) >= 11 is 0. The van der Waals surface area contributed by atoms with Gasteiger partial charge in [0.05, 0.1) is 0 Å². The molecule has 0 aliphatic heterocycles. The van der Waals surface area contributed by atoms with Gasteiger partial charge in [-0.3, -0.25) is 0 Å². The van der Waals surface area contributed by atoms with Gasteiger partial charge >= 0.3 is 89.1 Å². The first-order valence-corrected chi connectivity index (χ1v) is 0. The van der Waals surface area contributed by atoms with Crippen LogP contribution in [0.25, 0.3) is 0 Å². The number of rotatable bonds is 0. The zero-order valence-corrected chi connectivity index (χ0v) is 11.6. The van der Waals surface area contributed by atoms with Crippen molar-refractivity contribution in [2.24, 2.45) is 0 Å². The molecule has 0 aromatic carbocycles. The first-order chi connectivity index (χ1) is 0. The van der Waals surface area contributed by atoms with Crippen molar-refractivity contribution in [3.05, 3.63) is 0 Å². The van der Waals surface area contributed by atoms with Crippen molar-refractivity contribution in [3.63, 3.8) is 0 Å². The van der Waals surface area contributed by atoms with Gasteiger partial charge < -0.3 is 4.28 Å². The van der Waals surface area contributed by atoms with Crippen LogP contribution in [0.5, 0.6) is 0 Å². The normalized spacial score (nSPS) is 0. The third-order valence-electron chi connectivity index (χ3n) is 0. The summed E-state index contributed by atoms with van der Waals surface area (Å²) in [6.07, 6.45) is 0. The quantitative estimate of drug-likeness (QED) is 0.322. The minimum absolute atomic E-state index is 0. The standard InChI is InChI=1S/Ca.K.Mn.H3Si.3H/h;;;1H3;;;/q+2;+1;;;3*-1. The molecule has 0 amide bonds. The van der Waals surface area contributed by atoms with Crippen molar-refractivity contribution < 1.29 is 72.7 Å². The van der Waals surface area contributed by atoms with Gasteiger partial charge in [0, 0.05) is 17.1 Å². The Morgan fingerprint density at radius 3 is 1.25 bits per heavy atom. The summed E-state index contributed by atoms with van der Waals surface area (Å²) in [7, 11) is 0. The zero-order valence-electron chi connectivity index (χ0n) is 6.09. The van der Waals surface area contributed by atoms with E-state index < -0.39 is 0 Å². The molecule has 20 valence electrons. The van der Waals surface area contributed by atoms with Gasteiger partial charge in [-0.1, -0.05) is 0 Å². The maximum Gasteiger partial charge on any atom is 2.00 e. The first kappa shape index (κ1) is 25.4. The number of hydrogen-bond acceptors (Lipinski definition) is 0. The molecule has 0 saturated heterocycles. The van der Waals surface area contributed by atoms with E-state index in [9.17, 15) is 0 Å². The Morgan fingerprint density at radius 2 is 1.25 bits per heavy atom. The molecule has 4 heteroatoms. The Kier molecular flexibility index (Phi) is 101. The van der Waals surface area contributed by atoms with Crippen LogP contribution in [0, 0.1) is 0 Å². The summed E-state index contributed by atoms with van der Waals surface area (Å²) in [5.74, 6) is 0. The molecule has 4 heavy (non-hydrogen) atoms. The van der Waals surface area contributed by atoms with Crippen LogP contribution >= 0.6 is 0 Å². The van der Waals surface area contributed by atoms with Gasteiger partial charge in [-0.15, -0.1) is 0 Å². The van der Waals surface area contributed by atoms with Crippen molar-refractivity contribution in [3.8, 4) is 0 Å². The molecule has 0 spiro atoms. The fourth-order valence-electron chi connectivity index (χ4n) is 0. The second-order valence-corrected chi connectivity index (χ2v) is 0. The molecule has 2 radical (unpaired) electrons. The predicted molar refractivity (Wildman–Crippen MR) is 19.0 cm³/mol. The molecule has 0 aromatic rings. The summed E-state index contributed by atoms with van der Waals surface area (Å²) in [4.78, 5) is 0. The third kappa shape index (κ3) is 9.16. The average Bonchev–Trinajstić information content (AvgIpc) is 0. The van der Waals surface area contributed by atoms with Crippen LogP contribution in [0.2, 0.25) is 0 Å². The third-order valence-corrected chi connectivity index (χ3v) is 0. The summed E-state index contributed by atoms with van der Waals surface area (Å²) in [5, 5.41) is 0. The second kappa shape index (κ2) is 15.9. The molecule has 0 nitrogen and oxygen atoms in total. The molecular formula is H6CaKMnSi. The Bertz CT molecular complexity index is 14.9. The summed E-state index contributed by atoms with van der Waals surface area (Å²) in [6.45, 7) is 0. The smallest absolute Gasteiger partial charge is 1.00 e. The molecule has 0 aromatic heterocycles. The van der Waals surface area contributed by atoms with Gasteiger partial charge in [-0.2, -0.15) is 0 Å². The molecule has 0 unspecified atom stereocenters. The van der Waals surface area contributed by atoms with E-state index >= 15 is 0 Å². The molecule has 0 N–H and O–H groups in total. The molecule has 0 aliphatic carbocycles. The van der Waals surface area contributed by atoms with E-state index in [-0.39, 0.29) is 121 Å². The van der Waals surface area contributed by atoms with Gasteiger partial charge in [-0.05, 0) is 11.0 Å². The van der Waals surface area contributed by atoms with Crippen LogP contribution in [0.4, 0.5) is 0 Å². The van der Waals surface area contributed by atoms with Crippen molar-refractivity contribution in [1.29, 1.82) is 0 Å². The molecule has 0 rings (SSSR count). The van der Waals surface area contributed by atoms with E-state index in [1.165, 1.54) is 0 Å². The Hall–Kier alpha value is 3.63. The molecular weight excluding hydrogens is 162 g/mol. The molecule has 0 fully saturated rings. The molecule has 0 atom stereocenters. The minimum Gasteiger partial charge on any atom is -1.00 e. The monoisotopic (exact) mass is 168 g/mol. The van der Waals surface area contributed by atoms with Gasteiger partial charge in [-0.25, -0.2) is 0 Å². The predicted octanol–water partition coefficient (Wildman–Crippen LogP) is -4.23. The topological polar surface area (TPSA) is 0 Å². The van der Waals surface area contributed by atoms with Crippen LogP contribution in [0.3, 0.4) is 0 Å². The molecule has 0 heterocycles. The molecule has 0 aliphatic rings. The Morgan fingerprint density at radius 1 is 1.25 bits per heavy atom. The minimum atomic E-state index is 0. The fraction of sp³-hybridized carbons (Fsp3) is 0. The van der Waals surface area contributed by atoms with E-state index in [1.54, 1.807) is 0 Å². The van der Waals surface area contributed by atoms with Crippen LogP contribution in [0.1, 0.15) is 4.28 Å². The second-order valence-electron chi connectivity index (χ2n) is 0. The van der Waals surface area contributed by atoms with E-state index in [0.29, 0.717) is 0 Å². The van der Waals surface area contributed by atoms with Crippen molar-refractivity contribution in [2.75, 3.05) is 0 Å². The van der Waals surface area contributed by atoms with Crippen molar-refractivity contribution in [2.45, 2.75) is 0 Å². The maximum absolute atomic E-state index is 0. The SMILES string of the molecule is [Ca+2].[H-].[H-].[H-].[K+].[Mn].[SiH3]. The number of hydrogen-bond donors (Lipinski definition) is 0. The van der Waals surface area contributed by atoms with E-state index in [0.717, 1.165) is 0 Å². The summed E-state index contributed by atoms with van der Waals surface area (Å²) in [5.41, 5.74) is 0. The molecule has 0 saturated carbocycles. The average molecular weight is 168 g/mol.